The Balaban J connectivity index is 2.13. The molecule has 4 heteroatoms. The van der Waals surface area contributed by atoms with Crippen LogP contribution in [0.25, 0.3) is 0 Å². The molecule has 0 aromatic rings. The minimum Gasteiger partial charge on any atom is -0.469 e. The standard InChI is InChI=1S/C12H23NO2S/c1-15-12(14)8-5-9-13-10-6-3-4-7-11(10)16-2/h10-11,13H,3-9H2,1-2H3. The molecular weight excluding hydrogens is 222 g/mol. The second kappa shape index (κ2) is 7.96. The smallest absolute Gasteiger partial charge is 0.305 e. The van der Waals surface area contributed by atoms with Crippen LogP contribution in [-0.4, -0.2) is 37.2 Å². The number of carbonyl (C=O) groups is 1. The van der Waals surface area contributed by atoms with E-state index in [0.29, 0.717) is 12.5 Å². The van der Waals surface area contributed by atoms with Gasteiger partial charge < -0.3 is 10.1 Å². The van der Waals surface area contributed by atoms with Crippen molar-refractivity contribution in [2.75, 3.05) is 19.9 Å². The minimum atomic E-state index is -0.105. The van der Waals surface area contributed by atoms with E-state index in [1.165, 1.54) is 32.8 Å². The topological polar surface area (TPSA) is 38.3 Å². The Morgan fingerprint density at radius 1 is 1.44 bits per heavy atom. The van der Waals surface area contributed by atoms with Gasteiger partial charge in [0.1, 0.15) is 0 Å². The zero-order chi connectivity index (χ0) is 11.8. The lowest BCUT2D eigenvalue weighted by Crippen LogP contribution is -2.40. The maximum absolute atomic E-state index is 10.9. The van der Waals surface area contributed by atoms with E-state index in [1.54, 1.807) is 0 Å². The summed E-state index contributed by atoms with van der Waals surface area (Å²) < 4.78 is 4.61. The molecular formula is C12H23NO2S. The molecule has 1 fully saturated rings. The number of ether oxygens (including phenoxy) is 1. The number of hydrogen-bond acceptors (Lipinski definition) is 4. The number of rotatable bonds is 6. The summed E-state index contributed by atoms with van der Waals surface area (Å²) in [5.74, 6) is -0.105. The van der Waals surface area contributed by atoms with Gasteiger partial charge in [-0.25, -0.2) is 0 Å². The first-order valence-corrected chi connectivity index (χ1v) is 7.39. The predicted octanol–water partition coefficient (Wildman–Crippen LogP) is 2.20. The summed E-state index contributed by atoms with van der Waals surface area (Å²) in [6.07, 6.45) is 8.92. The number of carbonyl (C=O) groups excluding carboxylic acids is 1. The van der Waals surface area contributed by atoms with Gasteiger partial charge in [-0.2, -0.15) is 11.8 Å². The van der Waals surface area contributed by atoms with Crippen LogP contribution in [0.2, 0.25) is 0 Å². The predicted molar refractivity (Wildman–Crippen MR) is 68.8 cm³/mol. The molecule has 0 heterocycles. The molecule has 2 atom stereocenters. The monoisotopic (exact) mass is 245 g/mol. The molecule has 0 aromatic carbocycles. The van der Waals surface area contributed by atoms with Gasteiger partial charge in [-0.1, -0.05) is 12.8 Å². The van der Waals surface area contributed by atoms with Gasteiger partial charge in [0.25, 0.3) is 0 Å². The Hall–Kier alpha value is -0.220. The van der Waals surface area contributed by atoms with Gasteiger partial charge in [0, 0.05) is 17.7 Å². The molecule has 1 rings (SSSR count). The van der Waals surface area contributed by atoms with Crippen molar-refractivity contribution in [2.45, 2.75) is 49.8 Å². The van der Waals surface area contributed by atoms with E-state index < -0.39 is 0 Å². The molecule has 94 valence electrons. The summed E-state index contributed by atoms with van der Waals surface area (Å²) >= 11 is 1.97. The SMILES string of the molecule is COC(=O)CCCNC1CCCCC1SC. The van der Waals surface area contributed by atoms with E-state index in [2.05, 4.69) is 16.3 Å². The highest BCUT2D eigenvalue weighted by atomic mass is 32.2. The van der Waals surface area contributed by atoms with Crippen LogP contribution in [0.5, 0.6) is 0 Å². The molecule has 1 saturated carbocycles. The van der Waals surface area contributed by atoms with Gasteiger partial charge in [0.15, 0.2) is 0 Å². The van der Waals surface area contributed by atoms with Crippen LogP contribution < -0.4 is 5.32 Å². The van der Waals surface area contributed by atoms with Crippen molar-refractivity contribution in [1.29, 1.82) is 0 Å². The Morgan fingerprint density at radius 3 is 2.88 bits per heavy atom. The first kappa shape index (κ1) is 13.8. The van der Waals surface area contributed by atoms with Crippen molar-refractivity contribution in [3.63, 3.8) is 0 Å². The zero-order valence-corrected chi connectivity index (χ0v) is 11.1. The summed E-state index contributed by atoms with van der Waals surface area (Å²) in [6.45, 7) is 0.927. The Labute approximate surface area is 103 Å². The fourth-order valence-corrected chi connectivity index (χ4v) is 3.20. The van der Waals surface area contributed by atoms with Gasteiger partial charge >= 0.3 is 5.97 Å². The summed E-state index contributed by atoms with van der Waals surface area (Å²) in [7, 11) is 1.45. The third kappa shape index (κ3) is 4.74. The molecule has 0 amide bonds. The Bertz CT molecular complexity index is 211. The first-order chi connectivity index (χ1) is 7.77. The summed E-state index contributed by atoms with van der Waals surface area (Å²) in [4.78, 5) is 10.9. The molecule has 3 nitrogen and oxygen atoms in total. The number of nitrogens with one attached hydrogen (secondary N) is 1. The van der Waals surface area contributed by atoms with Gasteiger partial charge in [-0.3, -0.25) is 4.79 Å². The molecule has 16 heavy (non-hydrogen) atoms. The van der Waals surface area contributed by atoms with Crippen LogP contribution in [0, 0.1) is 0 Å². The van der Waals surface area contributed by atoms with Crippen molar-refractivity contribution in [2.24, 2.45) is 0 Å². The number of thioether (sulfide) groups is 1. The van der Waals surface area contributed by atoms with E-state index in [1.807, 2.05) is 11.8 Å². The normalized spacial score (nSPS) is 25.4. The molecule has 0 aromatic heterocycles. The van der Waals surface area contributed by atoms with Crippen LogP contribution in [0.1, 0.15) is 38.5 Å². The lowest BCUT2D eigenvalue weighted by molar-refractivity contribution is -0.140. The first-order valence-electron chi connectivity index (χ1n) is 6.11. The van der Waals surface area contributed by atoms with Crippen molar-refractivity contribution in [3.8, 4) is 0 Å². The molecule has 0 aliphatic heterocycles. The quantitative estimate of drug-likeness (QED) is 0.575. The van der Waals surface area contributed by atoms with Crippen molar-refractivity contribution in [3.05, 3.63) is 0 Å². The molecule has 1 aliphatic carbocycles. The summed E-state index contributed by atoms with van der Waals surface area (Å²) in [5.41, 5.74) is 0. The number of methoxy groups -OCH3 is 1. The van der Waals surface area contributed by atoms with Gasteiger partial charge in [-0.15, -0.1) is 0 Å². The fraction of sp³-hybridized carbons (Fsp3) is 0.917. The lowest BCUT2D eigenvalue weighted by Gasteiger charge is -2.31. The second-order valence-electron chi connectivity index (χ2n) is 4.30. The highest BCUT2D eigenvalue weighted by Crippen LogP contribution is 2.26. The second-order valence-corrected chi connectivity index (χ2v) is 5.38. The molecule has 2 unspecified atom stereocenters. The maximum atomic E-state index is 10.9. The van der Waals surface area contributed by atoms with Crippen LogP contribution in [0.15, 0.2) is 0 Å². The van der Waals surface area contributed by atoms with Gasteiger partial charge in [-0.05, 0) is 32.1 Å². The van der Waals surface area contributed by atoms with Crippen molar-refractivity contribution >= 4 is 17.7 Å². The third-order valence-electron chi connectivity index (χ3n) is 3.20. The van der Waals surface area contributed by atoms with Crippen LogP contribution >= 0.6 is 11.8 Å². The van der Waals surface area contributed by atoms with Crippen molar-refractivity contribution < 1.29 is 9.53 Å². The molecule has 1 N–H and O–H groups in total. The zero-order valence-electron chi connectivity index (χ0n) is 10.3. The lowest BCUT2D eigenvalue weighted by atomic mass is 9.95. The van der Waals surface area contributed by atoms with Gasteiger partial charge in [0.2, 0.25) is 0 Å². The van der Waals surface area contributed by atoms with Crippen LogP contribution in [0.4, 0.5) is 0 Å². The van der Waals surface area contributed by atoms with E-state index >= 15 is 0 Å². The minimum absolute atomic E-state index is 0.105. The molecule has 0 saturated heterocycles. The Morgan fingerprint density at radius 2 is 2.19 bits per heavy atom. The number of hydrogen-bond donors (Lipinski definition) is 1. The highest BCUT2D eigenvalue weighted by molar-refractivity contribution is 7.99. The van der Waals surface area contributed by atoms with E-state index in [4.69, 9.17) is 0 Å². The Kier molecular flexibility index (Phi) is 6.88. The maximum Gasteiger partial charge on any atom is 0.305 e. The van der Waals surface area contributed by atoms with Crippen molar-refractivity contribution in [1.82, 2.24) is 5.32 Å². The third-order valence-corrected chi connectivity index (χ3v) is 4.37. The van der Waals surface area contributed by atoms with Crippen LogP contribution in [-0.2, 0) is 9.53 Å². The average molecular weight is 245 g/mol. The van der Waals surface area contributed by atoms with Crippen LogP contribution in [0.3, 0.4) is 0 Å². The fourth-order valence-electron chi connectivity index (χ4n) is 2.23. The van der Waals surface area contributed by atoms with E-state index in [-0.39, 0.29) is 5.97 Å². The molecule has 0 bridgehead atoms. The largest absolute Gasteiger partial charge is 0.469 e. The number of esters is 1. The molecule has 0 spiro atoms. The molecule has 1 aliphatic rings. The summed E-state index contributed by atoms with van der Waals surface area (Å²) in [5, 5.41) is 4.33. The highest BCUT2D eigenvalue weighted by Gasteiger charge is 2.23. The average Bonchev–Trinajstić information content (AvgIpc) is 2.34. The van der Waals surface area contributed by atoms with E-state index in [9.17, 15) is 4.79 Å². The van der Waals surface area contributed by atoms with Gasteiger partial charge in [0.05, 0.1) is 7.11 Å². The van der Waals surface area contributed by atoms with E-state index in [0.717, 1.165) is 18.2 Å². The molecule has 0 radical (unpaired) electrons. The summed E-state index contributed by atoms with van der Waals surface area (Å²) in [6, 6.07) is 0.640.